The van der Waals surface area contributed by atoms with Gasteiger partial charge in [0.2, 0.25) is 5.95 Å². The van der Waals surface area contributed by atoms with Gasteiger partial charge < -0.3 is 5.73 Å². The molecule has 0 atom stereocenters. The number of nitrogens with one attached hydrogen (secondary N) is 1. The van der Waals surface area contributed by atoms with Crippen LogP contribution in [0.1, 0.15) is 11.1 Å². The van der Waals surface area contributed by atoms with Crippen LogP contribution in [0.25, 0.3) is 0 Å². The molecule has 0 spiro atoms. The Labute approximate surface area is 92.7 Å². The van der Waals surface area contributed by atoms with Crippen molar-refractivity contribution in [2.75, 3.05) is 5.73 Å². The van der Waals surface area contributed by atoms with Crippen LogP contribution in [0.5, 0.6) is 0 Å². The summed E-state index contributed by atoms with van der Waals surface area (Å²) in [7, 11) is 0. The molecule has 5 heteroatoms. The largest absolute Gasteiger partial charge is 0.368 e. The maximum absolute atomic E-state index is 5.67. The lowest BCUT2D eigenvalue weighted by atomic mass is 10.1. The fraction of sp³-hybridized carbons (Fsp3) is 0.200. The van der Waals surface area contributed by atoms with Crippen LogP contribution in [-0.2, 0) is 6.54 Å². The Balaban J connectivity index is 2.29. The third kappa shape index (κ3) is 2.07. The first kappa shape index (κ1) is 9.92. The van der Waals surface area contributed by atoms with E-state index in [0.717, 1.165) is 5.56 Å². The van der Waals surface area contributed by atoms with E-state index in [1.807, 2.05) is 0 Å². The third-order valence-electron chi connectivity index (χ3n) is 2.25. The van der Waals surface area contributed by atoms with Crippen molar-refractivity contribution >= 4 is 18.2 Å². The Hall–Kier alpha value is -1.62. The van der Waals surface area contributed by atoms with Crippen molar-refractivity contribution in [3.05, 3.63) is 40.2 Å². The van der Waals surface area contributed by atoms with Crippen LogP contribution in [0.4, 0.5) is 5.95 Å². The Morgan fingerprint density at radius 1 is 1.40 bits per heavy atom. The number of nitrogen functional groups attached to an aromatic ring is 1. The predicted octanol–water partition coefficient (Wildman–Crippen LogP) is 1.88. The maximum Gasteiger partial charge on any atom is 0.220 e. The van der Waals surface area contributed by atoms with Crippen LogP contribution < -0.4 is 5.73 Å². The van der Waals surface area contributed by atoms with Crippen molar-refractivity contribution in [2.45, 2.75) is 13.5 Å². The molecule has 1 aromatic heterocycles. The lowest BCUT2D eigenvalue weighted by Gasteiger charge is -2.04. The molecule has 78 valence electrons. The first-order valence-corrected chi connectivity index (χ1v) is 5.04. The van der Waals surface area contributed by atoms with E-state index >= 15 is 0 Å². The summed E-state index contributed by atoms with van der Waals surface area (Å²) in [5.41, 5.74) is 8.07. The molecular formula is C10H12N4S. The number of aromatic amines is 1. The number of benzene rings is 1. The highest BCUT2D eigenvalue weighted by Crippen LogP contribution is 2.08. The molecule has 0 saturated carbocycles. The molecule has 15 heavy (non-hydrogen) atoms. The molecular weight excluding hydrogens is 208 g/mol. The number of nitrogens with zero attached hydrogens (tertiary/aromatic N) is 2. The van der Waals surface area contributed by atoms with Crippen molar-refractivity contribution < 1.29 is 0 Å². The predicted molar refractivity (Wildman–Crippen MR) is 62.1 cm³/mol. The second kappa shape index (κ2) is 3.86. The van der Waals surface area contributed by atoms with E-state index in [-0.39, 0.29) is 0 Å². The zero-order valence-corrected chi connectivity index (χ0v) is 9.21. The molecule has 0 aliphatic rings. The molecule has 3 N–H and O–H groups in total. The third-order valence-corrected chi connectivity index (χ3v) is 2.56. The normalized spacial score (nSPS) is 10.5. The van der Waals surface area contributed by atoms with Crippen LogP contribution >= 0.6 is 12.2 Å². The molecule has 4 nitrogen and oxygen atoms in total. The summed E-state index contributed by atoms with van der Waals surface area (Å²) < 4.78 is 2.31. The monoisotopic (exact) mass is 220 g/mol. The zero-order valence-electron chi connectivity index (χ0n) is 8.40. The van der Waals surface area contributed by atoms with E-state index in [1.165, 1.54) is 5.56 Å². The lowest BCUT2D eigenvalue weighted by molar-refractivity contribution is 0.793. The summed E-state index contributed by atoms with van der Waals surface area (Å²) in [6.45, 7) is 2.71. The average molecular weight is 220 g/mol. The minimum atomic E-state index is 0.417. The molecule has 0 fully saturated rings. The number of aromatic nitrogens is 3. The van der Waals surface area contributed by atoms with Gasteiger partial charge in [0, 0.05) is 0 Å². The molecule has 0 unspecified atom stereocenters. The maximum atomic E-state index is 5.67. The molecule has 2 rings (SSSR count). The fourth-order valence-corrected chi connectivity index (χ4v) is 1.56. The summed E-state index contributed by atoms with van der Waals surface area (Å²) in [6, 6.07) is 8.25. The fourth-order valence-electron chi connectivity index (χ4n) is 1.36. The molecule has 0 aliphatic heterocycles. The van der Waals surface area contributed by atoms with E-state index < -0.39 is 0 Å². The number of rotatable bonds is 2. The molecule has 0 aliphatic carbocycles. The second-order valence-electron chi connectivity index (χ2n) is 3.46. The van der Waals surface area contributed by atoms with Gasteiger partial charge in [0.05, 0.1) is 6.54 Å². The summed E-state index contributed by atoms with van der Waals surface area (Å²) in [6.07, 6.45) is 0. The quantitative estimate of drug-likeness (QED) is 0.760. The van der Waals surface area contributed by atoms with E-state index in [9.17, 15) is 0 Å². The molecule has 0 bridgehead atoms. The van der Waals surface area contributed by atoms with Crippen LogP contribution in [0.3, 0.4) is 0 Å². The molecule has 0 radical (unpaired) electrons. The van der Waals surface area contributed by atoms with Gasteiger partial charge in [-0.3, -0.25) is 4.57 Å². The summed E-state index contributed by atoms with van der Waals surface area (Å²) in [4.78, 5) is 0. The second-order valence-corrected chi connectivity index (χ2v) is 3.85. The average Bonchev–Trinajstić information content (AvgIpc) is 2.53. The van der Waals surface area contributed by atoms with E-state index in [2.05, 4.69) is 41.4 Å². The molecule has 0 amide bonds. The van der Waals surface area contributed by atoms with Gasteiger partial charge in [0.15, 0.2) is 4.77 Å². The Kier molecular flexibility index (Phi) is 2.55. The van der Waals surface area contributed by atoms with E-state index in [4.69, 9.17) is 18.0 Å². The Bertz CT molecular complexity index is 509. The number of nitrogens with two attached hydrogens (primary N) is 1. The first-order chi connectivity index (χ1) is 7.16. The molecule has 2 aromatic rings. The van der Waals surface area contributed by atoms with Gasteiger partial charge in [0.25, 0.3) is 0 Å². The molecule has 1 aromatic carbocycles. The highest BCUT2D eigenvalue weighted by molar-refractivity contribution is 7.71. The van der Waals surface area contributed by atoms with Crippen LogP contribution in [0, 0.1) is 11.7 Å². The summed E-state index contributed by atoms with van der Waals surface area (Å²) in [5, 5.41) is 6.51. The van der Waals surface area contributed by atoms with E-state index in [0.29, 0.717) is 17.3 Å². The highest BCUT2D eigenvalue weighted by atomic mass is 32.1. The standard InChI is InChI=1S/C10H12N4S/c1-7-2-4-8(5-3-7)6-14-9(11)12-13-10(14)15/h2-5H,6H2,1H3,(H2,11,12)(H,13,15). The van der Waals surface area contributed by atoms with Gasteiger partial charge in [-0.05, 0) is 24.7 Å². The first-order valence-electron chi connectivity index (χ1n) is 4.63. The number of aryl methyl sites for hydroxylation is 1. The summed E-state index contributed by atoms with van der Waals surface area (Å²) >= 11 is 5.06. The van der Waals surface area contributed by atoms with Crippen molar-refractivity contribution in [2.24, 2.45) is 0 Å². The Morgan fingerprint density at radius 2 is 2.07 bits per heavy atom. The van der Waals surface area contributed by atoms with Gasteiger partial charge in [-0.25, -0.2) is 5.10 Å². The summed E-state index contributed by atoms with van der Waals surface area (Å²) in [5.74, 6) is 0.417. The van der Waals surface area contributed by atoms with Crippen molar-refractivity contribution in [1.82, 2.24) is 14.8 Å². The molecule has 0 saturated heterocycles. The van der Waals surface area contributed by atoms with Gasteiger partial charge in [-0.2, -0.15) is 0 Å². The number of hydrogen-bond acceptors (Lipinski definition) is 3. The van der Waals surface area contributed by atoms with Crippen LogP contribution in [0.15, 0.2) is 24.3 Å². The van der Waals surface area contributed by atoms with Gasteiger partial charge in [-0.1, -0.05) is 29.8 Å². The smallest absolute Gasteiger partial charge is 0.220 e. The van der Waals surface area contributed by atoms with Crippen molar-refractivity contribution in [3.8, 4) is 0 Å². The number of H-pyrrole nitrogens is 1. The topological polar surface area (TPSA) is 59.6 Å². The van der Waals surface area contributed by atoms with Gasteiger partial charge in [0.1, 0.15) is 0 Å². The van der Waals surface area contributed by atoms with Gasteiger partial charge in [-0.15, -0.1) is 5.10 Å². The highest BCUT2D eigenvalue weighted by Gasteiger charge is 2.02. The van der Waals surface area contributed by atoms with Crippen LogP contribution in [-0.4, -0.2) is 14.8 Å². The minimum Gasteiger partial charge on any atom is -0.368 e. The number of anilines is 1. The SMILES string of the molecule is Cc1ccc(Cn2c(N)n[nH]c2=S)cc1. The van der Waals surface area contributed by atoms with Gasteiger partial charge >= 0.3 is 0 Å². The van der Waals surface area contributed by atoms with Crippen LogP contribution in [0.2, 0.25) is 0 Å². The molecule has 1 heterocycles. The lowest BCUT2D eigenvalue weighted by Crippen LogP contribution is -2.04. The van der Waals surface area contributed by atoms with Crippen molar-refractivity contribution in [3.63, 3.8) is 0 Å². The number of hydrogen-bond donors (Lipinski definition) is 2. The Morgan fingerprint density at radius 3 is 2.60 bits per heavy atom. The van der Waals surface area contributed by atoms with E-state index in [1.54, 1.807) is 4.57 Å². The van der Waals surface area contributed by atoms with Crippen molar-refractivity contribution in [1.29, 1.82) is 0 Å². The minimum absolute atomic E-state index is 0.417. The zero-order chi connectivity index (χ0) is 10.8.